The molecule has 0 fully saturated rings. The van der Waals surface area contributed by atoms with E-state index >= 15 is 0 Å². The summed E-state index contributed by atoms with van der Waals surface area (Å²) in [5.41, 5.74) is 14.6. The maximum atomic E-state index is 4.48. The van der Waals surface area contributed by atoms with Crippen molar-refractivity contribution in [3.63, 3.8) is 0 Å². The fraction of sp³-hybridized carbons (Fsp3) is 0.360. The van der Waals surface area contributed by atoms with Gasteiger partial charge in [0.1, 0.15) is 0 Å². The summed E-state index contributed by atoms with van der Waals surface area (Å²) in [5.74, 6) is 0. The van der Waals surface area contributed by atoms with E-state index in [1.54, 1.807) is 0 Å². The average molecular weight is 333 g/mol. The Bertz CT molecular complexity index is 837. The summed E-state index contributed by atoms with van der Waals surface area (Å²) in [6.45, 7) is 22.1. The van der Waals surface area contributed by atoms with Crippen LogP contribution in [0.15, 0.2) is 30.4 Å². The van der Waals surface area contributed by atoms with Crippen LogP contribution in [-0.4, -0.2) is 0 Å². The van der Waals surface area contributed by atoms with Gasteiger partial charge in [0.25, 0.3) is 0 Å². The van der Waals surface area contributed by atoms with Gasteiger partial charge < -0.3 is 0 Å². The van der Waals surface area contributed by atoms with Gasteiger partial charge in [0, 0.05) is 0 Å². The molecule has 0 saturated heterocycles. The molecule has 0 saturated carbocycles. The standard InChI is InChI=1S/C25H32/c1-10-24(14-23-12-16(3)19(6)17(4)13-23)22(9)25-18(5)11-15(2)20(7)21(25)8/h11-14H,9-10H2,1-8H3. The van der Waals surface area contributed by atoms with E-state index in [0.29, 0.717) is 0 Å². The summed E-state index contributed by atoms with van der Waals surface area (Å²) in [7, 11) is 0. The Hall–Kier alpha value is -2.08. The van der Waals surface area contributed by atoms with Crippen LogP contribution in [0.4, 0.5) is 0 Å². The minimum atomic E-state index is 0.983. The molecule has 25 heavy (non-hydrogen) atoms. The van der Waals surface area contributed by atoms with Crippen LogP contribution in [-0.2, 0) is 0 Å². The van der Waals surface area contributed by atoms with E-state index in [0.717, 1.165) is 12.0 Å². The van der Waals surface area contributed by atoms with Crippen molar-refractivity contribution in [2.24, 2.45) is 0 Å². The maximum absolute atomic E-state index is 4.48. The van der Waals surface area contributed by atoms with E-state index in [2.05, 4.69) is 86.2 Å². The van der Waals surface area contributed by atoms with Gasteiger partial charge in [-0.15, -0.1) is 0 Å². The van der Waals surface area contributed by atoms with Crippen molar-refractivity contribution < 1.29 is 0 Å². The van der Waals surface area contributed by atoms with Crippen LogP contribution in [0.5, 0.6) is 0 Å². The molecule has 0 radical (unpaired) electrons. The van der Waals surface area contributed by atoms with E-state index in [9.17, 15) is 0 Å². The van der Waals surface area contributed by atoms with Crippen LogP contribution < -0.4 is 0 Å². The zero-order valence-corrected chi connectivity index (χ0v) is 17.2. The van der Waals surface area contributed by atoms with Gasteiger partial charge >= 0.3 is 0 Å². The minimum absolute atomic E-state index is 0.983. The first-order valence-corrected chi connectivity index (χ1v) is 9.22. The third-order valence-electron chi connectivity index (χ3n) is 5.72. The van der Waals surface area contributed by atoms with E-state index in [1.807, 2.05) is 0 Å². The Kier molecular flexibility index (Phi) is 5.72. The average Bonchev–Trinajstić information content (AvgIpc) is 2.55. The Morgan fingerprint density at radius 3 is 1.80 bits per heavy atom. The lowest BCUT2D eigenvalue weighted by Gasteiger charge is -2.19. The SMILES string of the molecule is C=C(C(=Cc1cc(C)c(C)c(C)c1)CC)c1c(C)cc(C)c(C)c1C. The zero-order chi connectivity index (χ0) is 18.9. The molecule has 0 aromatic heterocycles. The number of aryl methyl sites for hydroxylation is 4. The second-order valence-corrected chi connectivity index (χ2v) is 7.42. The van der Waals surface area contributed by atoms with Crippen LogP contribution in [0, 0.1) is 48.5 Å². The van der Waals surface area contributed by atoms with Crippen LogP contribution in [0.1, 0.15) is 63.4 Å². The Morgan fingerprint density at radius 2 is 1.28 bits per heavy atom. The first-order chi connectivity index (χ1) is 11.7. The predicted molar refractivity (Wildman–Crippen MR) is 113 cm³/mol. The third-order valence-corrected chi connectivity index (χ3v) is 5.72. The lowest BCUT2D eigenvalue weighted by molar-refractivity contribution is 1.15. The molecule has 0 spiro atoms. The lowest BCUT2D eigenvalue weighted by atomic mass is 9.86. The van der Waals surface area contributed by atoms with Gasteiger partial charge in [0.2, 0.25) is 0 Å². The number of hydrogen-bond donors (Lipinski definition) is 0. The Labute approximate surface area is 154 Å². The third kappa shape index (κ3) is 3.79. The number of benzene rings is 2. The molecule has 0 atom stereocenters. The highest BCUT2D eigenvalue weighted by atomic mass is 14.2. The van der Waals surface area contributed by atoms with E-state index < -0.39 is 0 Å². The first-order valence-electron chi connectivity index (χ1n) is 9.22. The highest BCUT2D eigenvalue weighted by molar-refractivity contribution is 5.86. The molecule has 2 aromatic carbocycles. The molecule has 0 heteroatoms. The summed E-state index contributed by atoms with van der Waals surface area (Å²) in [6, 6.07) is 6.85. The summed E-state index contributed by atoms with van der Waals surface area (Å²) < 4.78 is 0. The van der Waals surface area contributed by atoms with Crippen molar-refractivity contribution in [2.45, 2.75) is 61.8 Å². The Balaban J connectivity index is 2.56. The first kappa shape index (κ1) is 19.2. The molecule has 0 aliphatic carbocycles. The molecule has 0 bridgehead atoms. The largest absolute Gasteiger partial charge is 0.0909 e. The molecule has 0 heterocycles. The van der Waals surface area contributed by atoms with Gasteiger partial charge in [0.05, 0.1) is 0 Å². The highest BCUT2D eigenvalue weighted by Gasteiger charge is 2.13. The van der Waals surface area contributed by atoms with Crippen molar-refractivity contribution in [3.8, 4) is 0 Å². The molecule has 2 aromatic rings. The number of rotatable bonds is 4. The van der Waals surface area contributed by atoms with Gasteiger partial charge in [-0.05, 0) is 116 Å². The summed E-state index contributed by atoms with van der Waals surface area (Å²) in [4.78, 5) is 0. The normalized spacial score (nSPS) is 11.8. The van der Waals surface area contributed by atoms with Crippen molar-refractivity contribution >= 4 is 11.6 Å². The molecule has 0 unspecified atom stereocenters. The number of allylic oxidation sites excluding steroid dienone is 2. The van der Waals surface area contributed by atoms with Crippen LogP contribution in [0.3, 0.4) is 0 Å². The van der Waals surface area contributed by atoms with Gasteiger partial charge in [-0.3, -0.25) is 0 Å². The number of hydrogen-bond acceptors (Lipinski definition) is 0. The molecule has 2 rings (SSSR count). The van der Waals surface area contributed by atoms with Gasteiger partial charge in [-0.1, -0.05) is 37.8 Å². The van der Waals surface area contributed by atoms with Gasteiger partial charge in [0.15, 0.2) is 0 Å². The zero-order valence-electron chi connectivity index (χ0n) is 17.2. The minimum Gasteiger partial charge on any atom is -0.0909 e. The Morgan fingerprint density at radius 1 is 0.760 bits per heavy atom. The summed E-state index contributed by atoms with van der Waals surface area (Å²) >= 11 is 0. The van der Waals surface area contributed by atoms with Crippen LogP contribution in [0.2, 0.25) is 0 Å². The fourth-order valence-electron chi connectivity index (χ4n) is 3.67. The summed E-state index contributed by atoms with van der Waals surface area (Å²) in [5, 5.41) is 0. The molecular weight excluding hydrogens is 300 g/mol. The quantitative estimate of drug-likeness (QED) is 0.513. The fourth-order valence-corrected chi connectivity index (χ4v) is 3.67. The van der Waals surface area contributed by atoms with E-state index in [1.165, 1.54) is 55.6 Å². The van der Waals surface area contributed by atoms with Crippen molar-refractivity contribution in [3.05, 3.63) is 80.4 Å². The smallest absolute Gasteiger partial charge is 0.0126 e. The second kappa shape index (κ2) is 7.44. The lowest BCUT2D eigenvalue weighted by Crippen LogP contribution is -2.00. The highest BCUT2D eigenvalue weighted by Crippen LogP contribution is 2.33. The van der Waals surface area contributed by atoms with Crippen molar-refractivity contribution in [2.75, 3.05) is 0 Å². The molecule has 132 valence electrons. The van der Waals surface area contributed by atoms with Gasteiger partial charge in [-0.2, -0.15) is 0 Å². The molecule has 0 N–H and O–H groups in total. The van der Waals surface area contributed by atoms with E-state index in [4.69, 9.17) is 0 Å². The maximum Gasteiger partial charge on any atom is -0.0126 e. The summed E-state index contributed by atoms with van der Waals surface area (Å²) in [6.07, 6.45) is 3.30. The predicted octanol–water partition coefficient (Wildman–Crippen LogP) is 7.35. The van der Waals surface area contributed by atoms with Crippen molar-refractivity contribution in [1.82, 2.24) is 0 Å². The van der Waals surface area contributed by atoms with E-state index in [-0.39, 0.29) is 0 Å². The van der Waals surface area contributed by atoms with Crippen LogP contribution in [0.25, 0.3) is 11.6 Å². The topological polar surface area (TPSA) is 0 Å². The molecular formula is C25H32. The monoisotopic (exact) mass is 332 g/mol. The van der Waals surface area contributed by atoms with Gasteiger partial charge in [-0.25, -0.2) is 0 Å². The molecule has 0 amide bonds. The molecule has 0 aliphatic rings. The van der Waals surface area contributed by atoms with Crippen LogP contribution >= 0.6 is 0 Å². The van der Waals surface area contributed by atoms with Crippen molar-refractivity contribution in [1.29, 1.82) is 0 Å². The second-order valence-electron chi connectivity index (χ2n) is 7.42. The molecule has 0 aliphatic heterocycles. The molecule has 0 nitrogen and oxygen atoms in total.